The SMILES string of the molecule is C=C(C1CCNCC1)N1CCN(c2ccc(C(=N)c3cc(O[C@H](C)c4c(Cl)cncc4Cl)ccc3N)cn2)CC1. The van der Waals surface area contributed by atoms with E-state index in [1.807, 2.05) is 19.1 Å². The number of piperazine rings is 1. The van der Waals surface area contributed by atoms with Crippen molar-refractivity contribution in [2.24, 2.45) is 5.92 Å². The third-order valence-electron chi connectivity index (χ3n) is 7.76. The number of rotatable bonds is 8. The molecule has 10 heteroatoms. The number of nitrogens with one attached hydrogen (secondary N) is 2. The molecule has 2 aromatic heterocycles. The molecule has 4 heterocycles. The summed E-state index contributed by atoms with van der Waals surface area (Å²) in [5, 5.41) is 13.1. The molecule has 0 amide bonds. The number of pyridine rings is 2. The van der Waals surface area contributed by atoms with E-state index >= 15 is 0 Å². The van der Waals surface area contributed by atoms with Crippen LogP contribution in [0.25, 0.3) is 0 Å². The summed E-state index contributed by atoms with van der Waals surface area (Å²) in [5.41, 5.74) is 10.2. The summed E-state index contributed by atoms with van der Waals surface area (Å²) in [4.78, 5) is 13.4. The number of nitrogen functional groups attached to an aromatic ring is 1. The fraction of sp³-hybridized carbons (Fsp3) is 0.367. The Kier molecular flexibility index (Phi) is 8.78. The Morgan fingerprint density at radius 1 is 1.07 bits per heavy atom. The van der Waals surface area contributed by atoms with Crippen molar-refractivity contribution in [1.82, 2.24) is 20.2 Å². The van der Waals surface area contributed by atoms with E-state index in [1.165, 1.54) is 30.9 Å². The van der Waals surface area contributed by atoms with Gasteiger partial charge in [-0.1, -0.05) is 29.8 Å². The quantitative estimate of drug-likeness (QED) is 0.237. The van der Waals surface area contributed by atoms with E-state index in [4.69, 9.17) is 44.1 Å². The molecular weight excluding hydrogens is 545 g/mol. The Balaban J connectivity index is 1.23. The van der Waals surface area contributed by atoms with E-state index in [9.17, 15) is 0 Å². The third-order valence-corrected chi connectivity index (χ3v) is 8.36. The summed E-state index contributed by atoms with van der Waals surface area (Å²) in [6.45, 7) is 12.1. The Labute approximate surface area is 245 Å². The zero-order valence-electron chi connectivity index (χ0n) is 22.7. The summed E-state index contributed by atoms with van der Waals surface area (Å²) < 4.78 is 6.12. The number of halogens is 2. The molecule has 2 fully saturated rings. The first-order valence-corrected chi connectivity index (χ1v) is 14.4. The van der Waals surface area contributed by atoms with Crippen LogP contribution in [0.5, 0.6) is 5.75 Å². The Morgan fingerprint density at radius 2 is 1.77 bits per heavy atom. The van der Waals surface area contributed by atoms with Gasteiger partial charge < -0.3 is 25.6 Å². The van der Waals surface area contributed by atoms with E-state index in [-0.39, 0.29) is 5.71 Å². The fourth-order valence-corrected chi connectivity index (χ4v) is 6.08. The van der Waals surface area contributed by atoms with E-state index < -0.39 is 6.10 Å². The van der Waals surface area contributed by atoms with Gasteiger partial charge in [0.1, 0.15) is 17.7 Å². The van der Waals surface area contributed by atoms with Gasteiger partial charge in [0.2, 0.25) is 0 Å². The van der Waals surface area contributed by atoms with Gasteiger partial charge in [0, 0.05) is 78.8 Å². The predicted octanol–water partition coefficient (Wildman–Crippen LogP) is 5.56. The average Bonchev–Trinajstić information content (AvgIpc) is 2.98. The molecule has 210 valence electrons. The van der Waals surface area contributed by atoms with Crippen LogP contribution >= 0.6 is 23.2 Å². The van der Waals surface area contributed by atoms with Crippen molar-refractivity contribution in [1.29, 1.82) is 5.41 Å². The van der Waals surface area contributed by atoms with Crippen LogP contribution in [0, 0.1) is 11.3 Å². The summed E-state index contributed by atoms with van der Waals surface area (Å²) in [6.07, 6.45) is 6.72. The number of ether oxygens (including phenoxy) is 1. The second kappa shape index (κ2) is 12.5. The number of benzene rings is 1. The zero-order valence-corrected chi connectivity index (χ0v) is 24.2. The number of hydrogen-bond acceptors (Lipinski definition) is 8. The van der Waals surface area contributed by atoms with Crippen LogP contribution in [-0.4, -0.2) is 59.8 Å². The van der Waals surface area contributed by atoms with E-state index in [2.05, 4.69) is 26.7 Å². The first-order valence-electron chi connectivity index (χ1n) is 13.6. The highest BCUT2D eigenvalue weighted by Crippen LogP contribution is 2.33. The normalized spacial score (nSPS) is 17.0. The third kappa shape index (κ3) is 6.19. The second-order valence-corrected chi connectivity index (χ2v) is 11.1. The van der Waals surface area contributed by atoms with E-state index in [0.717, 1.165) is 45.1 Å². The molecule has 0 bridgehead atoms. The maximum Gasteiger partial charge on any atom is 0.128 e. The van der Waals surface area contributed by atoms with Gasteiger partial charge in [0.25, 0.3) is 0 Å². The maximum atomic E-state index is 8.85. The van der Waals surface area contributed by atoms with Crippen molar-refractivity contribution >= 4 is 40.4 Å². The lowest BCUT2D eigenvalue weighted by Crippen LogP contribution is -2.47. The van der Waals surface area contributed by atoms with Crippen LogP contribution in [-0.2, 0) is 0 Å². The van der Waals surface area contributed by atoms with Crippen molar-refractivity contribution in [3.63, 3.8) is 0 Å². The van der Waals surface area contributed by atoms with Crippen molar-refractivity contribution in [2.75, 3.05) is 49.9 Å². The van der Waals surface area contributed by atoms with Crippen molar-refractivity contribution in [3.8, 4) is 5.75 Å². The van der Waals surface area contributed by atoms with Gasteiger partial charge in [0.05, 0.1) is 15.8 Å². The van der Waals surface area contributed by atoms with Gasteiger partial charge in [-0.3, -0.25) is 10.4 Å². The van der Waals surface area contributed by atoms with Gasteiger partial charge >= 0.3 is 0 Å². The minimum absolute atomic E-state index is 0.276. The standard InChI is InChI=1S/C30H35Cl2N7O/c1-19(21-7-9-35-10-8-21)38-11-13-39(14-12-38)28-6-3-22(16-37-28)30(34)24-15-23(4-5-27(24)33)40-20(2)29-25(31)17-36-18-26(29)32/h3-6,15-18,20-21,34-35H,1,7-14,33H2,2H3/t20-/m1/s1. The molecule has 0 saturated carbocycles. The largest absolute Gasteiger partial charge is 0.486 e. The molecule has 3 aromatic rings. The molecule has 0 spiro atoms. The van der Waals surface area contributed by atoms with E-state index in [0.29, 0.717) is 44.1 Å². The highest BCUT2D eigenvalue weighted by molar-refractivity contribution is 6.35. The highest BCUT2D eigenvalue weighted by Gasteiger charge is 2.25. The van der Waals surface area contributed by atoms with Crippen LogP contribution in [0.2, 0.25) is 10.0 Å². The maximum absolute atomic E-state index is 8.85. The van der Waals surface area contributed by atoms with Gasteiger partial charge in [-0.05, 0) is 63.2 Å². The molecule has 5 rings (SSSR count). The smallest absolute Gasteiger partial charge is 0.128 e. The number of anilines is 2. The molecule has 40 heavy (non-hydrogen) atoms. The van der Waals surface area contributed by atoms with Crippen molar-refractivity contribution < 1.29 is 4.74 Å². The average molecular weight is 581 g/mol. The molecule has 0 aliphatic carbocycles. The molecule has 2 saturated heterocycles. The monoisotopic (exact) mass is 579 g/mol. The minimum atomic E-state index is -0.424. The lowest BCUT2D eigenvalue weighted by Gasteiger charge is -2.40. The van der Waals surface area contributed by atoms with Crippen LogP contribution in [0.15, 0.2) is 61.2 Å². The number of nitrogens with zero attached hydrogens (tertiary/aromatic N) is 4. The first kappa shape index (κ1) is 28.2. The highest BCUT2D eigenvalue weighted by atomic mass is 35.5. The molecule has 4 N–H and O–H groups in total. The predicted molar refractivity (Wildman–Crippen MR) is 163 cm³/mol. The van der Waals surface area contributed by atoms with Gasteiger partial charge in [-0.15, -0.1) is 0 Å². The van der Waals surface area contributed by atoms with Crippen LogP contribution in [0.1, 0.15) is 42.6 Å². The Morgan fingerprint density at radius 3 is 2.42 bits per heavy atom. The first-order chi connectivity index (χ1) is 19.3. The second-order valence-electron chi connectivity index (χ2n) is 10.3. The molecule has 1 aromatic carbocycles. The van der Waals surface area contributed by atoms with Crippen molar-refractivity contribution in [2.45, 2.75) is 25.9 Å². The van der Waals surface area contributed by atoms with Crippen molar-refractivity contribution in [3.05, 3.63) is 87.9 Å². The minimum Gasteiger partial charge on any atom is -0.486 e. The fourth-order valence-electron chi connectivity index (χ4n) is 5.41. The molecule has 1 atom stereocenters. The summed E-state index contributed by atoms with van der Waals surface area (Å²) in [7, 11) is 0. The summed E-state index contributed by atoms with van der Waals surface area (Å²) in [6, 6.07) is 9.18. The van der Waals surface area contributed by atoms with Gasteiger partial charge in [-0.2, -0.15) is 0 Å². The number of hydrogen-bond donors (Lipinski definition) is 3. The van der Waals surface area contributed by atoms with Gasteiger partial charge in [-0.25, -0.2) is 4.98 Å². The lowest BCUT2D eigenvalue weighted by molar-refractivity contribution is 0.227. The van der Waals surface area contributed by atoms with Crippen LogP contribution in [0.3, 0.4) is 0 Å². The summed E-state index contributed by atoms with van der Waals surface area (Å²) >= 11 is 12.6. The zero-order chi connectivity index (χ0) is 28.2. The topological polar surface area (TPSA) is 103 Å². The van der Waals surface area contributed by atoms with Gasteiger partial charge in [0.15, 0.2) is 0 Å². The molecule has 2 aliphatic rings. The number of allylic oxidation sites excluding steroid dienone is 1. The molecule has 8 nitrogen and oxygen atoms in total. The van der Waals surface area contributed by atoms with Crippen LogP contribution in [0.4, 0.5) is 11.5 Å². The number of nitrogens with two attached hydrogens (primary N) is 1. The molecule has 0 radical (unpaired) electrons. The molecule has 2 aliphatic heterocycles. The van der Waals surface area contributed by atoms with E-state index in [1.54, 1.807) is 24.4 Å². The molecular formula is C30H35Cl2N7O. The Bertz CT molecular complexity index is 1350. The number of aromatic nitrogens is 2. The lowest BCUT2D eigenvalue weighted by atomic mass is 9.94. The Hall–Kier alpha value is -3.33. The van der Waals surface area contributed by atoms with Crippen LogP contribution < -0.4 is 20.7 Å². The number of piperidine rings is 1. The summed E-state index contributed by atoms with van der Waals surface area (Å²) in [5.74, 6) is 2.05. The molecule has 0 unspecified atom stereocenters.